The maximum absolute atomic E-state index is 12.2. The lowest BCUT2D eigenvalue weighted by atomic mass is 10.3. The van der Waals surface area contributed by atoms with Gasteiger partial charge in [-0.25, -0.2) is 8.42 Å². The zero-order chi connectivity index (χ0) is 14.6. The number of para-hydroxylation sites is 2. The van der Waals surface area contributed by atoms with Crippen LogP contribution < -0.4 is 10.5 Å². The average molecular weight is 299 g/mol. The van der Waals surface area contributed by atoms with Gasteiger partial charge in [0.15, 0.2) is 0 Å². The second-order valence-corrected chi connectivity index (χ2v) is 6.99. The van der Waals surface area contributed by atoms with Gasteiger partial charge in [-0.1, -0.05) is 12.1 Å². The van der Waals surface area contributed by atoms with E-state index in [0.717, 1.165) is 13.1 Å². The van der Waals surface area contributed by atoms with E-state index in [1.54, 1.807) is 18.2 Å². The van der Waals surface area contributed by atoms with Gasteiger partial charge in [0.05, 0.1) is 11.4 Å². The minimum absolute atomic E-state index is 0.0228. The van der Waals surface area contributed by atoms with Crippen LogP contribution in [0.1, 0.15) is 0 Å². The fourth-order valence-corrected chi connectivity index (χ4v) is 3.34. The van der Waals surface area contributed by atoms with Gasteiger partial charge in [0.1, 0.15) is 12.4 Å². The molecule has 2 rings (SSSR count). The van der Waals surface area contributed by atoms with E-state index in [9.17, 15) is 8.42 Å². The normalized spacial score (nSPS) is 18.1. The van der Waals surface area contributed by atoms with Crippen molar-refractivity contribution >= 4 is 15.7 Å². The zero-order valence-electron chi connectivity index (χ0n) is 11.7. The summed E-state index contributed by atoms with van der Waals surface area (Å²) in [6, 6.07) is 7.08. The number of hydrogen-bond acceptors (Lipinski definition) is 5. The van der Waals surface area contributed by atoms with Crippen LogP contribution in [-0.2, 0) is 10.0 Å². The zero-order valence-corrected chi connectivity index (χ0v) is 12.5. The molecular formula is C13H21N3O3S. The molecule has 0 radical (unpaired) electrons. The predicted molar refractivity (Wildman–Crippen MR) is 79.2 cm³/mol. The van der Waals surface area contributed by atoms with Crippen molar-refractivity contribution in [2.45, 2.75) is 0 Å². The molecule has 0 atom stereocenters. The van der Waals surface area contributed by atoms with E-state index in [1.807, 2.05) is 13.1 Å². The largest absolute Gasteiger partial charge is 0.490 e. The summed E-state index contributed by atoms with van der Waals surface area (Å²) in [5.41, 5.74) is 6.26. The maximum Gasteiger partial charge on any atom is 0.217 e. The van der Waals surface area contributed by atoms with Crippen molar-refractivity contribution in [2.75, 3.05) is 51.3 Å². The van der Waals surface area contributed by atoms with Crippen LogP contribution in [0.3, 0.4) is 0 Å². The van der Waals surface area contributed by atoms with Crippen LogP contribution in [0.2, 0.25) is 0 Å². The molecule has 0 unspecified atom stereocenters. The molecule has 0 aliphatic carbocycles. The van der Waals surface area contributed by atoms with Crippen molar-refractivity contribution in [1.29, 1.82) is 0 Å². The van der Waals surface area contributed by atoms with Gasteiger partial charge in [-0.2, -0.15) is 4.31 Å². The Balaban J connectivity index is 1.85. The number of sulfonamides is 1. The highest BCUT2D eigenvalue weighted by Crippen LogP contribution is 2.19. The lowest BCUT2D eigenvalue weighted by Crippen LogP contribution is -2.48. The molecule has 112 valence electrons. The van der Waals surface area contributed by atoms with E-state index < -0.39 is 10.0 Å². The number of nitrogen functional groups attached to an aromatic ring is 1. The number of anilines is 1. The number of rotatable bonds is 5. The Labute approximate surface area is 120 Å². The number of ether oxygens (including phenoxy) is 1. The van der Waals surface area contributed by atoms with Crippen LogP contribution in [0.25, 0.3) is 0 Å². The summed E-state index contributed by atoms with van der Waals surface area (Å²) in [5.74, 6) is 0.506. The fourth-order valence-electron chi connectivity index (χ4n) is 2.06. The van der Waals surface area contributed by atoms with Crippen molar-refractivity contribution in [3.63, 3.8) is 0 Å². The molecule has 1 aromatic carbocycles. The van der Waals surface area contributed by atoms with E-state index >= 15 is 0 Å². The molecule has 1 fully saturated rings. The lowest BCUT2D eigenvalue weighted by Gasteiger charge is -2.31. The Morgan fingerprint density at radius 2 is 1.85 bits per heavy atom. The third-order valence-corrected chi connectivity index (χ3v) is 5.21. The molecule has 0 amide bonds. The topological polar surface area (TPSA) is 75.9 Å². The maximum atomic E-state index is 12.2. The number of nitrogens with two attached hydrogens (primary N) is 1. The van der Waals surface area contributed by atoms with Crippen LogP contribution in [-0.4, -0.2) is 63.2 Å². The van der Waals surface area contributed by atoms with E-state index in [-0.39, 0.29) is 12.4 Å². The number of hydrogen-bond donors (Lipinski definition) is 1. The molecule has 2 N–H and O–H groups in total. The predicted octanol–water partition coefficient (Wildman–Crippen LogP) is 0.225. The van der Waals surface area contributed by atoms with Crippen LogP contribution in [0.5, 0.6) is 5.75 Å². The molecule has 1 aromatic rings. The quantitative estimate of drug-likeness (QED) is 0.788. The van der Waals surface area contributed by atoms with Crippen molar-refractivity contribution in [1.82, 2.24) is 9.21 Å². The first-order valence-electron chi connectivity index (χ1n) is 6.63. The van der Waals surface area contributed by atoms with Crippen molar-refractivity contribution < 1.29 is 13.2 Å². The third-order valence-electron chi connectivity index (χ3n) is 3.37. The molecule has 1 aliphatic rings. The summed E-state index contributed by atoms with van der Waals surface area (Å²) in [5, 5.41) is 0. The molecule has 1 heterocycles. The standard InChI is InChI=1S/C13H21N3O3S/c1-15-6-8-16(9-7-15)20(17,18)11-10-19-13-5-3-2-4-12(13)14/h2-5H,6-11,14H2,1H3. The van der Waals surface area contributed by atoms with Gasteiger partial charge in [0.25, 0.3) is 0 Å². The van der Waals surface area contributed by atoms with Gasteiger partial charge < -0.3 is 15.4 Å². The molecule has 20 heavy (non-hydrogen) atoms. The summed E-state index contributed by atoms with van der Waals surface area (Å²) in [7, 11) is -1.26. The van der Waals surface area contributed by atoms with Gasteiger partial charge in [-0.15, -0.1) is 0 Å². The van der Waals surface area contributed by atoms with Gasteiger partial charge in [-0.05, 0) is 19.2 Å². The second kappa shape index (κ2) is 6.43. The smallest absolute Gasteiger partial charge is 0.217 e. The average Bonchev–Trinajstić information content (AvgIpc) is 2.41. The van der Waals surface area contributed by atoms with Gasteiger partial charge in [0, 0.05) is 26.2 Å². The highest BCUT2D eigenvalue weighted by Gasteiger charge is 2.25. The molecule has 1 saturated heterocycles. The minimum atomic E-state index is -3.25. The number of benzene rings is 1. The summed E-state index contributed by atoms with van der Waals surface area (Å²) < 4.78 is 31.3. The van der Waals surface area contributed by atoms with Gasteiger partial charge in [-0.3, -0.25) is 0 Å². The molecule has 7 heteroatoms. The van der Waals surface area contributed by atoms with Crippen LogP contribution in [0.4, 0.5) is 5.69 Å². The molecule has 6 nitrogen and oxygen atoms in total. The highest BCUT2D eigenvalue weighted by atomic mass is 32.2. The monoisotopic (exact) mass is 299 g/mol. The first kappa shape index (κ1) is 15.1. The SMILES string of the molecule is CN1CCN(S(=O)(=O)CCOc2ccccc2N)CC1. The second-order valence-electron chi connectivity index (χ2n) is 4.90. The van der Waals surface area contributed by atoms with Crippen LogP contribution in [0.15, 0.2) is 24.3 Å². The Bertz CT molecular complexity index is 540. The minimum Gasteiger partial charge on any atom is -0.490 e. The molecule has 1 aliphatic heterocycles. The first-order valence-corrected chi connectivity index (χ1v) is 8.23. The van der Waals surface area contributed by atoms with E-state index in [1.165, 1.54) is 4.31 Å². The third kappa shape index (κ3) is 3.84. The summed E-state index contributed by atoms with van der Waals surface area (Å²) in [6.45, 7) is 2.75. The van der Waals surface area contributed by atoms with Crippen molar-refractivity contribution in [3.05, 3.63) is 24.3 Å². The summed E-state index contributed by atoms with van der Waals surface area (Å²) in [4.78, 5) is 2.12. The number of likely N-dealkylation sites (N-methyl/N-ethyl adjacent to an activating group) is 1. The van der Waals surface area contributed by atoms with Crippen LogP contribution >= 0.6 is 0 Å². The Kier molecular flexibility index (Phi) is 4.85. The summed E-state index contributed by atoms with van der Waals surface area (Å²) in [6.07, 6.45) is 0. The van der Waals surface area contributed by atoms with E-state index in [4.69, 9.17) is 10.5 Å². The number of nitrogens with zero attached hydrogens (tertiary/aromatic N) is 2. The molecular weight excluding hydrogens is 278 g/mol. The number of piperazine rings is 1. The van der Waals surface area contributed by atoms with E-state index in [0.29, 0.717) is 24.5 Å². The molecule has 0 spiro atoms. The molecule has 0 saturated carbocycles. The lowest BCUT2D eigenvalue weighted by molar-refractivity contribution is 0.221. The fraction of sp³-hybridized carbons (Fsp3) is 0.538. The first-order chi connectivity index (χ1) is 9.49. The Hall–Kier alpha value is -1.31. The molecule has 0 bridgehead atoms. The van der Waals surface area contributed by atoms with Crippen molar-refractivity contribution in [3.8, 4) is 5.75 Å². The molecule has 0 aromatic heterocycles. The Morgan fingerprint density at radius 1 is 1.20 bits per heavy atom. The Morgan fingerprint density at radius 3 is 2.50 bits per heavy atom. The van der Waals surface area contributed by atoms with Crippen molar-refractivity contribution in [2.24, 2.45) is 0 Å². The van der Waals surface area contributed by atoms with Gasteiger partial charge >= 0.3 is 0 Å². The summed E-state index contributed by atoms with van der Waals surface area (Å²) >= 11 is 0. The van der Waals surface area contributed by atoms with Crippen LogP contribution in [0, 0.1) is 0 Å². The highest BCUT2D eigenvalue weighted by molar-refractivity contribution is 7.89. The van der Waals surface area contributed by atoms with Gasteiger partial charge in [0.2, 0.25) is 10.0 Å². The van der Waals surface area contributed by atoms with E-state index in [2.05, 4.69) is 4.90 Å².